The summed E-state index contributed by atoms with van der Waals surface area (Å²) < 4.78 is 5.26. The fourth-order valence-electron chi connectivity index (χ4n) is 2.01. The van der Waals surface area contributed by atoms with Crippen molar-refractivity contribution in [3.63, 3.8) is 0 Å². The summed E-state index contributed by atoms with van der Waals surface area (Å²) in [7, 11) is 0. The van der Waals surface area contributed by atoms with Gasteiger partial charge in [0.25, 0.3) is 0 Å². The normalized spacial score (nSPS) is 9.90. The number of nitriles is 1. The SMILES string of the molecule is Cc1cc(C#N)ccc1COC(=O)Cc1cccc(N)c1. The minimum atomic E-state index is -0.302. The number of nitrogens with two attached hydrogens (primary N) is 1. The first-order valence-electron chi connectivity index (χ1n) is 6.58. The summed E-state index contributed by atoms with van der Waals surface area (Å²) in [5.41, 5.74) is 9.56. The first-order chi connectivity index (χ1) is 10.1. The molecular weight excluding hydrogens is 264 g/mol. The monoisotopic (exact) mass is 280 g/mol. The van der Waals surface area contributed by atoms with Gasteiger partial charge in [0.1, 0.15) is 6.61 Å². The van der Waals surface area contributed by atoms with Gasteiger partial charge >= 0.3 is 5.97 Å². The van der Waals surface area contributed by atoms with Crippen molar-refractivity contribution >= 4 is 11.7 Å². The number of esters is 1. The van der Waals surface area contributed by atoms with Gasteiger partial charge < -0.3 is 10.5 Å². The summed E-state index contributed by atoms with van der Waals surface area (Å²) in [6, 6.07) is 14.6. The molecule has 0 unspecified atom stereocenters. The molecule has 0 amide bonds. The molecule has 0 aliphatic heterocycles. The van der Waals surface area contributed by atoms with Crippen molar-refractivity contribution in [3.8, 4) is 6.07 Å². The molecular formula is C17H16N2O2. The van der Waals surface area contributed by atoms with E-state index in [9.17, 15) is 4.79 Å². The van der Waals surface area contributed by atoms with Gasteiger partial charge in [-0.3, -0.25) is 4.79 Å². The van der Waals surface area contributed by atoms with E-state index in [1.807, 2.05) is 25.1 Å². The van der Waals surface area contributed by atoms with Crippen molar-refractivity contribution in [2.24, 2.45) is 0 Å². The topological polar surface area (TPSA) is 76.1 Å². The van der Waals surface area contributed by atoms with E-state index in [4.69, 9.17) is 15.7 Å². The van der Waals surface area contributed by atoms with Gasteiger partial charge in [0.2, 0.25) is 0 Å². The maximum Gasteiger partial charge on any atom is 0.310 e. The van der Waals surface area contributed by atoms with Crippen LogP contribution in [-0.4, -0.2) is 5.97 Å². The number of benzene rings is 2. The van der Waals surface area contributed by atoms with Crippen molar-refractivity contribution in [1.82, 2.24) is 0 Å². The van der Waals surface area contributed by atoms with Crippen LogP contribution in [0, 0.1) is 18.3 Å². The van der Waals surface area contributed by atoms with E-state index in [1.165, 1.54) is 0 Å². The maximum atomic E-state index is 11.8. The lowest BCUT2D eigenvalue weighted by Crippen LogP contribution is -2.09. The number of hydrogen-bond acceptors (Lipinski definition) is 4. The summed E-state index contributed by atoms with van der Waals surface area (Å²) >= 11 is 0. The minimum Gasteiger partial charge on any atom is -0.461 e. The number of nitrogen functional groups attached to an aromatic ring is 1. The predicted molar refractivity (Wildman–Crippen MR) is 80.2 cm³/mol. The molecule has 2 rings (SSSR count). The van der Waals surface area contributed by atoms with Crippen molar-refractivity contribution in [2.45, 2.75) is 20.0 Å². The van der Waals surface area contributed by atoms with Gasteiger partial charge in [-0.1, -0.05) is 18.2 Å². The quantitative estimate of drug-likeness (QED) is 0.690. The molecule has 0 saturated heterocycles. The molecule has 0 aliphatic rings. The second kappa shape index (κ2) is 6.58. The van der Waals surface area contributed by atoms with Crippen LogP contribution < -0.4 is 5.73 Å². The lowest BCUT2D eigenvalue weighted by molar-refractivity contribution is -0.144. The molecule has 2 aromatic carbocycles. The van der Waals surface area contributed by atoms with Crippen LogP contribution in [0.1, 0.15) is 22.3 Å². The molecule has 2 N–H and O–H groups in total. The molecule has 0 aliphatic carbocycles. The Bertz CT molecular complexity index is 702. The largest absolute Gasteiger partial charge is 0.461 e. The molecule has 106 valence electrons. The number of aryl methyl sites for hydroxylation is 1. The second-order valence-corrected chi connectivity index (χ2v) is 4.84. The fourth-order valence-corrected chi connectivity index (χ4v) is 2.01. The van der Waals surface area contributed by atoms with Crippen LogP contribution in [0.2, 0.25) is 0 Å². The number of hydrogen-bond donors (Lipinski definition) is 1. The first kappa shape index (κ1) is 14.6. The molecule has 0 bridgehead atoms. The third-order valence-electron chi connectivity index (χ3n) is 3.16. The van der Waals surface area contributed by atoms with Gasteiger partial charge in [-0.05, 0) is 47.9 Å². The van der Waals surface area contributed by atoms with Gasteiger partial charge in [-0.15, -0.1) is 0 Å². The van der Waals surface area contributed by atoms with Crippen molar-refractivity contribution in [1.29, 1.82) is 5.26 Å². The van der Waals surface area contributed by atoms with Crippen LogP contribution in [0.25, 0.3) is 0 Å². The van der Waals surface area contributed by atoms with E-state index >= 15 is 0 Å². The minimum absolute atomic E-state index is 0.195. The Hall–Kier alpha value is -2.80. The van der Waals surface area contributed by atoms with Gasteiger partial charge in [0.05, 0.1) is 18.1 Å². The van der Waals surface area contributed by atoms with E-state index < -0.39 is 0 Å². The lowest BCUT2D eigenvalue weighted by atomic mass is 10.1. The maximum absolute atomic E-state index is 11.8. The third-order valence-corrected chi connectivity index (χ3v) is 3.16. The third kappa shape index (κ3) is 4.08. The van der Waals surface area contributed by atoms with Crippen LogP contribution in [-0.2, 0) is 22.6 Å². The Morgan fingerprint density at radius 2 is 2.10 bits per heavy atom. The zero-order valence-corrected chi connectivity index (χ0v) is 11.8. The molecule has 4 nitrogen and oxygen atoms in total. The van der Waals surface area contributed by atoms with Crippen molar-refractivity contribution < 1.29 is 9.53 Å². The van der Waals surface area contributed by atoms with Crippen molar-refractivity contribution in [2.75, 3.05) is 5.73 Å². The number of rotatable bonds is 4. The number of carbonyl (C=O) groups is 1. The molecule has 0 radical (unpaired) electrons. The number of nitrogens with zero attached hydrogens (tertiary/aromatic N) is 1. The van der Waals surface area contributed by atoms with E-state index in [0.29, 0.717) is 11.3 Å². The van der Waals surface area contributed by atoms with E-state index in [0.717, 1.165) is 16.7 Å². The molecule has 21 heavy (non-hydrogen) atoms. The first-order valence-corrected chi connectivity index (χ1v) is 6.58. The second-order valence-electron chi connectivity index (χ2n) is 4.84. The average molecular weight is 280 g/mol. The molecule has 0 atom stereocenters. The zero-order chi connectivity index (χ0) is 15.2. The van der Waals surface area contributed by atoms with Crippen LogP contribution in [0.15, 0.2) is 42.5 Å². The highest BCUT2D eigenvalue weighted by Gasteiger charge is 2.07. The summed E-state index contributed by atoms with van der Waals surface area (Å²) in [4.78, 5) is 11.8. The standard InChI is InChI=1S/C17H16N2O2/c1-12-7-14(10-18)5-6-15(12)11-21-17(20)9-13-3-2-4-16(19)8-13/h2-8H,9,11,19H2,1H3. The fraction of sp³-hybridized carbons (Fsp3) is 0.176. The highest BCUT2D eigenvalue weighted by Crippen LogP contribution is 2.13. The number of anilines is 1. The summed E-state index contributed by atoms with van der Waals surface area (Å²) in [6.45, 7) is 2.10. The van der Waals surface area contributed by atoms with E-state index in [2.05, 4.69) is 6.07 Å². The smallest absolute Gasteiger partial charge is 0.310 e. The van der Waals surface area contributed by atoms with Gasteiger partial charge in [-0.25, -0.2) is 0 Å². The molecule has 2 aromatic rings. The molecule has 0 saturated carbocycles. The predicted octanol–water partition coefficient (Wildman–Crippen LogP) is 2.73. The Morgan fingerprint density at radius 3 is 2.76 bits per heavy atom. The summed E-state index contributed by atoms with van der Waals surface area (Å²) in [5, 5.41) is 8.81. The highest BCUT2D eigenvalue weighted by molar-refractivity contribution is 5.73. The molecule has 0 fully saturated rings. The highest BCUT2D eigenvalue weighted by atomic mass is 16.5. The Balaban J connectivity index is 1.94. The molecule has 0 aromatic heterocycles. The van der Waals surface area contributed by atoms with Crippen LogP contribution in [0.4, 0.5) is 5.69 Å². The van der Waals surface area contributed by atoms with E-state index in [1.54, 1.807) is 24.3 Å². The lowest BCUT2D eigenvalue weighted by Gasteiger charge is -2.08. The number of ether oxygens (including phenoxy) is 1. The summed E-state index contributed by atoms with van der Waals surface area (Å²) in [6.07, 6.45) is 0.195. The molecule has 0 spiro atoms. The Labute approximate surface area is 123 Å². The van der Waals surface area contributed by atoms with Crippen LogP contribution in [0.5, 0.6) is 0 Å². The molecule has 0 heterocycles. The van der Waals surface area contributed by atoms with Gasteiger partial charge in [0, 0.05) is 5.69 Å². The van der Waals surface area contributed by atoms with Gasteiger partial charge in [0.15, 0.2) is 0 Å². The Morgan fingerprint density at radius 1 is 1.29 bits per heavy atom. The van der Waals surface area contributed by atoms with Crippen molar-refractivity contribution in [3.05, 3.63) is 64.7 Å². The average Bonchev–Trinajstić information content (AvgIpc) is 2.46. The Kier molecular flexibility index (Phi) is 4.57. The van der Waals surface area contributed by atoms with Crippen LogP contribution in [0.3, 0.4) is 0 Å². The van der Waals surface area contributed by atoms with Gasteiger partial charge in [-0.2, -0.15) is 5.26 Å². The molecule has 4 heteroatoms. The van der Waals surface area contributed by atoms with E-state index in [-0.39, 0.29) is 19.0 Å². The number of carbonyl (C=O) groups excluding carboxylic acids is 1. The summed E-state index contributed by atoms with van der Waals surface area (Å²) in [5.74, 6) is -0.302. The van der Waals surface area contributed by atoms with Crippen LogP contribution >= 0.6 is 0 Å². The zero-order valence-electron chi connectivity index (χ0n) is 11.8.